The van der Waals surface area contributed by atoms with Crippen LogP contribution in [0.4, 0.5) is 4.39 Å². The first kappa shape index (κ1) is 28.4. The van der Waals surface area contributed by atoms with Crippen molar-refractivity contribution in [3.05, 3.63) is 93.8 Å². The van der Waals surface area contributed by atoms with Crippen molar-refractivity contribution in [2.24, 2.45) is 5.73 Å². The van der Waals surface area contributed by atoms with Gasteiger partial charge in [0.2, 0.25) is 5.91 Å². The van der Waals surface area contributed by atoms with Gasteiger partial charge in [0.05, 0.1) is 12.7 Å². The van der Waals surface area contributed by atoms with Crippen LogP contribution < -0.4 is 10.5 Å². The van der Waals surface area contributed by atoms with Crippen LogP contribution in [0.5, 0.6) is 5.75 Å². The highest BCUT2D eigenvalue weighted by molar-refractivity contribution is 7.99. The van der Waals surface area contributed by atoms with Crippen LogP contribution in [0.2, 0.25) is 5.02 Å². The quantitative estimate of drug-likeness (QED) is 0.292. The zero-order chi connectivity index (χ0) is 27.4. The molecule has 0 aliphatic carbocycles. The van der Waals surface area contributed by atoms with Gasteiger partial charge in [-0.05, 0) is 66.4 Å². The Morgan fingerprint density at radius 2 is 1.79 bits per heavy atom. The maximum atomic E-state index is 14.3. The second-order valence-corrected chi connectivity index (χ2v) is 10.5. The molecule has 0 bridgehead atoms. The zero-order valence-electron chi connectivity index (χ0n) is 20.6. The minimum absolute atomic E-state index is 0.0488. The van der Waals surface area contributed by atoms with E-state index in [1.54, 1.807) is 18.2 Å². The number of rotatable bonds is 9. The molecule has 3 aromatic rings. The topological polar surface area (TPSA) is 122 Å². The molecule has 1 aliphatic heterocycles. The van der Waals surface area contributed by atoms with Gasteiger partial charge in [-0.1, -0.05) is 35.9 Å². The fourth-order valence-corrected chi connectivity index (χ4v) is 5.52. The van der Waals surface area contributed by atoms with E-state index >= 15 is 0 Å². The van der Waals surface area contributed by atoms with Crippen molar-refractivity contribution in [1.29, 1.82) is 0 Å². The molecule has 1 saturated heterocycles. The number of amides is 1. The highest BCUT2D eigenvalue weighted by Crippen LogP contribution is 2.36. The number of halogens is 2. The number of hydrogen-bond donors (Lipinski definition) is 4. The van der Waals surface area contributed by atoms with E-state index in [2.05, 4.69) is 0 Å². The maximum absolute atomic E-state index is 14.3. The number of hydrogen-bond acceptors (Lipinski definition) is 7. The number of aliphatic hydroxyl groups is 3. The molecule has 7 nitrogen and oxygen atoms in total. The third-order valence-corrected chi connectivity index (χ3v) is 7.85. The number of benzene rings is 3. The largest absolute Gasteiger partial charge is 0.494 e. The van der Waals surface area contributed by atoms with Gasteiger partial charge >= 0.3 is 0 Å². The average molecular weight is 562 g/mol. The van der Waals surface area contributed by atoms with Gasteiger partial charge < -0.3 is 30.5 Å². The molecule has 4 rings (SSSR count). The summed E-state index contributed by atoms with van der Waals surface area (Å²) in [6.45, 7) is 2.49. The van der Waals surface area contributed by atoms with E-state index in [1.165, 1.54) is 12.1 Å². The second kappa shape index (κ2) is 12.5. The molecule has 1 amide bonds. The highest BCUT2D eigenvalue weighted by Gasteiger charge is 2.44. The molecule has 3 aromatic carbocycles. The van der Waals surface area contributed by atoms with E-state index in [-0.39, 0.29) is 16.2 Å². The molecule has 1 heterocycles. The molecule has 0 radical (unpaired) electrons. The van der Waals surface area contributed by atoms with Gasteiger partial charge in [-0.15, -0.1) is 11.8 Å². The van der Waals surface area contributed by atoms with Crippen LogP contribution in [0.1, 0.15) is 40.1 Å². The number of nitrogens with two attached hydrogens (primary N) is 1. The second-order valence-electron chi connectivity index (χ2n) is 8.99. The molecule has 5 atom stereocenters. The molecule has 10 heteroatoms. The summed E-state index contributed by atoms with van der Waals surface area (Å²) in [5, 5.41) is 32.4. The third-order valence-electron chi connectivity index (χ3n) is 6.36. The molecule has 1 aliphatic rings. The van der Waals surface area contributed by atoms with Crippen LogP contribution in [-0.2, 0) is 11.2 Å². The number of aliphatic hydroxyl groups excluding tert-OH is 3. The van der Waals surface area contributed by atoms with Crippen LogP contribution in [0.25, 0.3) is 0 Å². The van der Waals surface area contributed by atoms with Crippen molar-refractivity contribution in [3.8, 4) is 5.75 Å². The van der Waals surface area contributed by atoms with Gasteiger partial charge in [-0.2, -0.15) is 0 Å². The lowest BCUT2D eigenvalue weighted by molar-refractivity contribution is -0.218. The maximum Gasteiger partial charge on any atom is 0.248 e. The van der Waals surface area contributed by atoms with Crippen LogP contribution in [0.15, 0.2) is 65.6 Å². The standard InChI is InChI=1S/C28H29ClFNO6S/c1-2-36-19-7-3-15(4-8-19)11-18-12-16(5-9-20(18)29)27-26(34)25(33)24(32)22(37-27)14-38-23-13-17(28(31)35)6-10-21(23)30/h3-10,12-13,22,24-27,32-34H,2,11,14H2,1H3,(H2,31,35)/t22-,24+,25-,26-,27+/m1/s1. The van der Waals surface area contributed by atoms with Gasteiger partial charge in [0.1, 0.15) is 36.0 Å². The Morgan fingerprint density at radius 1 is 1.05 bits per heavy atom. The van der Waals surface area contributed by atoms with Crippen LogP contribution in [-0.4, -0.2) is 58.0 Å². The third kappa shape index (κ3) is 6.48. The monoisotopic (exact) mass is 561 g/mol. The first-order valence-corrected chi connectivity index (χ1v) is 13.5. The van der Waals surface area contributed by atoms with Crippen LogP contribution in [0.3, 0.4) is 0 Å². The molecule has 0 spiro atoms. The smallest absolute Gasteiger partial charge is 0.248 e. The predicted octanol–water partition coefficient (Wildman–Crippen LogP) is 3.88. The van der Waals surface area contributed by atoms with Crippen LogP contribution in [0, 0.1) is 5.82 Å². The summed E-state index contributed by atoms with van der Waals surface area (Å²) >= 11 is 7.47. The SMILES string of the molecule is CCOc1ccc(Cc2cc([C@@H]3O[C@H](CSc4cc(C(N)=O)ccc4F)[C@H](O)[C@@H](O)[C@H]3O)ccc2Cl)cc1. The fourth-order valence-electron chi connectivity index (χ4n) is 4.30. The summed E-state index contributed by atoms with van der Waals surface area (Å²) in [5.74, 6) is -0.428. The summed E-state index contributed by atoms with van der Waals surface area (Å²) in [6, 6.07) is 16.6. The number of carbonyl (C=O) groups excluding carboxylic acids is 1. The first-order chi connectivity index (χ1) is 18.2. The number of ether oxygens (including phenoxy) is 2. The zero-order valence-corrected chi connectivity index (χ0v) is 22.2. The Hall–Kier alpha value is -2.66. The van der Waals surface area contributed by atoms with E-state index in [0.717, 1.165) is 34.7 Å². The van der Waals surface area contributed by atoms with Crippen molar-refractivity contribution in [2.75, 3.05) is 12.4 Å². The molecule has 202 valence electrons. The van der Waals surface area contributed by atoms with Gasteiger partial charge in [-0.3, -0.25) is 4.79 Å². The van der Waals surface area contributed by atoms with Gasteiger partial charge in [-0.25, -0.2) is 4.39 Å². The van der Waals surface area contributed by atoms with Gasteiger partial charge in [0.25, 0.3) is 0 Å². The highest BCUT2D eigenvalue weighted by atomic mass is 35.5. The molecule has 0 saturated carbocycles. The summed E-state index contributed by atoms with van der Waals surface area (Å²) in [7, 11) is 0. The van der Waals surface area contributed by atoms with Crippen LogP contribution >= 0.6 is 23.4 Å². The normalized spacial score (nSPS) is 23.3. The van der Waals surface area contributed by atoms with E-state index in [4.69, 9.17) is 26.8 Å². The van der Waals surface area contributed by atoms with Gasteiger partial charge in [0.15, 0.2) is 0 Å². The Kier molecular flexibility index (Phi) is 9.30. The summed E-state index contributed by atoms with van der Waals surface area (Å²) in [5.41, 5.74) is 7.81. The number of carbonyl (C=O) groups is 1. The Balaban J connectivity index is 1.52. The lowest BCUT2D eigenvalue weighted by atomic mass is 9.90. The number of primary amides is 1. The summed E-state index contributed by atoms with van der Waals surface area (Å²) < 4.78 is 25.8. The Morgan fingerprint density at radius 3 is 2.47 bits per heavy atom. The predicted molar refractivity (Wildman–Crippen MR) is 143 cm³/mol. The summed E-state index contributed by atoms with van der Waals surface area (Å²) in [6.07, 6.45) is -5.69. The molecular weight excluding hydrogens is 533 g/mol. The molecule has 0 unspecified atom stereocenters. The molecule has 5 N–H and O–H groups in total. The molecule has 1 fully saturated rings. The number of thioether (sulfide) groups is 1. The van der Waals surface area contributed by atoms with E-state index < -0.39 is 42.2 Å². The summed E-state index contributed by atoms with van der Waals surface area (Å²) in [4.78, 5) is 11.6. The van der Waals surface area contributed by atoms with E-state index in [0.29, 0.717) is 23.6 Å². The van der Waals surface area contributed by atoms with E-state index in [9.17, 15) is 24.5 Å². The van der Waals surface area contributed by atoms with Crippen molar-refractivity contribution in [3.63, 3.8) is 0 Å². The minimum atomic E-state index is -1.49. The molecule has 0 aromatic heterocycles. The van der Waals surface area contributed by atoms with Gasteiger partial charge in [0, 0.05) is 21.2 Å². The van der Waals surface area contributed by atoms with E-state index in [1.807, 2.05) is 31.2 Å². The Labute approximate surface area is 229 Å². The van der Waals surface area contributed by atoms with Crippen molar-refractivity contribution in [1.82, 2.24) is 0 Å². The lowest BCUT2D eigenvalue weighted by Crippen LogP contribution is -2.54. The van der Waals surface area contributed by atoms with Crippen molar-refractivity contribution >= 4 is 29.3 Å². The average Bonchev–Trinajstić information content (AvgIpc) is 2.90. The Bertz CT molecular complexity index is 1280. The van der Waals surface area contributed by atoms with Crippen molar-refractivity contribution < 1.29 is 34.0 Å². The van der Waals surface area contributed by atoms with Crippen molar-refractivity contribution in [2.45, 2.75) is 48.8 Å². The first-order valence-electron chi connectivity index (χ1n) is 12.1. The minimum Gasteiger partial charge on any atom is -0.494 e. The lowest BCUT2D eigenvalue weighted by Gasteiger charge is -2.41. The molecule has 38 heavy (non-hydrogen) atoms. The molecular formula is C28H29ClFNO6S. The fraction of sp³-hybridized carbons (Fsp3) is 0.321.